The Hall–Kier alpha value is 0.510. The van der Waals surface area contributed by atoms with Crippen LogP contribution in [-0.2, 0) is 11.3 Å². The fraction of sp³-hybridized carbons (Fsp3) is 1.00. The van der Waals surface area contributed by atoms with Crippen molar-refractivity contribution in [1.29, 1.82) is 0 Å². The van der Waals surface area contributed by atoms with Crippen molar-refractivity contribution in [1.82, 2.24) is 4.72 Å². The Morgan fingerprint density at radius 2 is 1.79 bits per heavy atom. The molecule has 4 nitrogen and oxygen atoms in total. The van der Waals surface area contributed by atoms with Crippen molar-refractivity contribution in [3.05, 3.63) is 0 Å². The van der Waals surface area contributed by atoms with Gasteiger partial charge in [0.15, 0.2) is 0 Å². The summed E-state index contributed by atoms with van der Waals surface area (Å²) in [5.74, 6) is 0. The molecular formula is C8H24BrN2O2S-. The minimum atomic E-state index is -2.11. The number of likely N-dealkylation sites (N-methyl/N-ethyl adjacent to an activating group) is 1. The van der Waals surface area contributed by atoms with Gasteiger partial charge in [-0.25, -0.2) is 4.72 Å². The second-order valence-electron chi connectivity index (χ2n) is 3.10. The number of nitrogens with one attached hydrogen (secondary N) is 1. The third-order valence-corrected chi connectivity index (χ3v) is 2.23. The molecule has 0 aromatic heterocycles. The molecule has 0 aromatic rings. The van der Waals surface area contributed by atoms with Gasteiger partial charge in [0, 0.05) is 11.3 Å². The summed E-state index contributed by atoms with van der Waals surface area (Å²) in [7, 11) is 4.13. The highest BCUT2D eigenvalue weighted by atomic mass is 79.9. The standard InChI is InChI=1S/C6H16N2O2S.2CH4.BrH/c1-4-8(2,3)6-5-7-11(9)10;;;/h7H,4-6H2,1-3H3;2*1H4;1H/p-1. The van der Waals surface area contributed by atoms with E-state index in [2.05, 4.69) is 25.7 Å². The smallest absolute Gasteiger partial charge is 0.0919 e. The van der Waals surface area contributed by atoms with Crippen molar-refractivity contribution < 1.29 is 30.2 Å². The lowest BCUT2D eigenvalue weighted by atomic mass is 10.4. The van der Waals surface area contributed by atoms with Gasteiger partial charge >= 0.3 is 0 Å². The van der Waals surface area contributed by atoms with Crippen LogP contribution in [0.15, 0.2) is 0 Å². The number of rotatable bonds is 5. The molecule has 1 unspecified atom stereocenters. The van der Waals surface area contributed by atoms with E-state index in [0.29, 0.717) is 6.54 Å². The highest BCUT2D eigenvalue weighted by Gasteiger charge is 2.09. The summed E-state index contributed by atoms with van der Waals surface area (Å²) >= 11 is -2.11. The molecule has 0 bridgehead atoms. The normalized spacial score (nSPS) is 11.7. The van der Waals surface area contributed by atoms with Gasteiger partial charge in [-0.05, 0) is 6.92 Å². The van der Waals surface area contributed by atoms with Crippen LogP contribution in [-0.4, -0.2) is 47.0 Å². The predicted octanol–water partition coefficient (Wildman–Crippen LogP) is -2.26. The molecule has 0 aliphatic heterocycles. The topological polar surface area (TPSA) is 52.2 Å². The number of hydrogen-bond acceptors (Lipinski definition) is 2. The Morgan fingerprint density at radius 1 is 1.36 bits per heavy atom. The van der Waals surface area contributed by atoms with E-state index in [9.17, 15) is 8.76 Å². The average Bonchev–Trinajstić information content (AvgIpc) is 1.87. The lowest BCUT2D eigenvalue weighted by Crippen LogP contribution is -3.00. The molecule has 0 saturated heterocycles. The Bertz CT molecular complexity index is 145. The first-order chi connectivity index (χ1) is 4.98. The molecule has 0 aliphatic carbocycles. The minimum absolute atomic E-state index is 0. The monoisotopic (exact) mass is 291 g/mol. The van der Waals surface area contributed by atoms with Crippen LogP contribution in [0.1, 0.15) is 21.8 Å². The van der Waals surface area contributed by atoms with Gasteiger partial charge in [-0.15, -0.1) is 0 Å². The quantitative estimate of drug-likeness (QED) is 0.459. The Balaban J connectivity index is -0.000000167. The van der Waals surface area contributed by atoms with Crippen molar-refractivity contribution in [2.45, 2.75) is 21.8 Å². The van der Waals surface area contributed by atoms with Crippen LogP contribution in [0.25, 0.3) is 0 Å². The van der Waals surface area contributed by atoms with Crippen LogP contribution in [0.5, 0.6) is 0 Å². The molecule has 6 heteroatoms. The fourth-order valence-corrected chi connectivity index (χ4v) is 0.848. The van der Waals surface area contributed by atoms with Crippen molar-refractivity contribution in [2.24, 2.45) is 0 Å². The summed E-state index contributed by atoms with van der Waals surface area (Å²) in [4.78, 5) is 0. The van der Waals surface area contributed by atoms with Gasteiger partial charge in [-0.1, -0.05) is 14.9 Å². The van der Waals surface area contributed by atoms with E-state index in [1.54, 1.807) is 0 Å². The summed E-state index contributed by atoms with van der Waals surface area (Å²) in [6.45, 7) is 4.42. The van der Waals surface area contributed by atoms with Gasteiger partial charge in [0.1, 0.15) is 0 Å². The summed E-state index contributed by atoms with van der Waals surface area (Å²) in [6, 6.07) is 0. The van der Waals surface area contributed by atoms with Crippen LogP contribution in [0.4, 0.5) is 0 Å². The molecular weight excluding hydrogens is 268 g/mol. The lowest BCUT2D eigenvalue weighted by molar-refractivity contribution is -0.887. The Morgan fingerprint density at radius 3 is 2.07 bits per heavy atom. The van der Waals surface area contributed by atoms with Crippen LogP contribution >= 0.6 is 0 Å². The van der Waals surface area contributed by atoms with Gasteiger partial charge in [0.05, 0.1) is 33.7 Å². The van der Waals surface area contributed by atoms with Crippen molar-refractivity contribution >= 4 is 11.3 Å². The van der Waals surface area contributed by atoms with Crippen LogP contribution in [0.3, 0.4) is 0 Å². The molecule has 1 N–H and O–H groups in total. The average molecular weight is 292 g/mol. The summed E-state index contributed by atoms with van der Waals surface area (Å²) in [6.07, 6.45) is 0. The van der Waals surface area contributed by atoms with Crippen molar-refractivity contribution in [3.63, 3.8) is 0 Å². The zero-order chi connectivity index (χ0) is 8.91. The van der Waals surface area contributed by atoms with Gasteiger partial charge in [0.2, 0.25) is 0 Å². The van der Waals surface area contributed by atoms with E-state index in [1.807, 2.05) is 0 Å². The van der Waals surface area contributed by atoms with Crippen molar-refractivity contribution in [3.8, 4) is 0 Å². The maximum absolute atomic E-state index is 10.1. The van der Waals surface area contributed by atoms with Crippen LogP contribution in [0, 0.1) is 0 Å². The second-order valence-corrected chi connectivity index (χ2v) is 3.86. The van der Waals surface area contributed by atoms with Crippen LogP contribution in [0.2, 0.25) is 0 Å². The molecule has 0 fully saturated rings. The Kier molecular flexibility index (Phi) is 19.8. The van der Waals surface area contributed by atoms with Gasteiger partial charge < -0.3 is 26.0 Å². The van der Waals surface area contributed by atoms with E-state index >= 15 is 0 Å². The lowest BCUT2D eigenvalue weighted by Gasteiger charge is -2.28. The van der Waals surface area contributed by atoms with Gasteiger partial charge in [-0.2, -0.15) is 0 Å². The molecule has 0 radical (unpaired) electrons. The highest BCUT2D eigenvalue weighted by Crippen LogP contribution is 1.92. The number of halogens is 1. The second kappa shape index (κ2) is 11.6. The third kappa shape index (κ3) is 15.0. The molecule has 0 rings (SSSR count). The van der Waals surface area contributed by atoms with Gasteiger partial charge in [-0.3, -0.25) is 4.21 Å². The molecule has 0 spiro atoms. The molecule has 0 saturated carbocycles. The summed E-state index contributed by atoms with van der Waals surface area (Å²) < 4.78 is 23.3. The third-order valence-electron chi connectivity index (χ3n) is 1.79. The maximum atomic E-state index is 10.1. The number of nitrogens with zero attached hydrogens (tertiary/aromatic N) is 1. The molecule has 92 valence electrons. The van der Waals surface area contributed by atoms with Crippen molar-refractivity contribution in [2.75, 3.05) is 33.7 Å². The summed E-state index contributed by atoms with van der Waals surface area (Å²) in [5.41, 5.74) is 0. The predicted molar refractivity (Wildman–Crippen MR) is 57.9 cm³/mol. The number of quaternary nitrogens is 1. The van der Waals surface area contributed by atoms with Gasteiger partial charge in [0.25, 0.3) is 0 Å². The maximum Gasteiger partial charge on any atom is 0.0919 e. The molecule has 14 heavy (non-hydrogen) atoms. The zero-order valence-electron chi connectivity index (χ0n) is 7.67. The van der Waals surface area contributed by atoms with E-state index in [4.69, 9.17) is 0 Å². The zero-order valence-corrected chi connectivity index (χ0v) is 10.1. The van der Waals surface area contributed by atoms with E-state index < -0.39 is 11.3 Å². The fourth-order valence-electron chi connectivity index (χ4n) is 0.590. The molecule has 0 amide bonds. The van der Waals surface area contributed by atoms with E-state index in [1.165, 1.54) is 0 Å². The molecule has 0 heterocycles. The SMILES string of the molecule is C.C.CC[N+](C)(C)CCNS(=O)[O-].[Br-]. The first-order valence-electron chi connectivity index (χ1n) is 3.63. The number of hydrogen-bond donors (Lipinski definition) is 1. The highest BCUT2D eigenvalue weighted by molar-refractivity contribution is 7.77. The minimum Gasteiger partial charge on any atom is -1.00 e. The van der Waals surface area contributed by atoms with E-state index in [-0.39, 0.29) is 31.8 Å². The van der Waals surface area contributed by atoms with E-state index in [0.717, 1.165) is 17.6 Å². The molecule has 1 atom stereocenters. The molecule has 0 aromatic carbocycles. The van der Waals surface area contributed by atoms with Crippen LogP contribution < -0.4 is 21.7 Å². The largest absolute Gasteiger partial charge is 1.00 e. The Labute approximate surface area is 102 Å². The first kappa shape index (κ1) is 24.0. The first-order valence-corrected chi connectivity index (χ1v) is 4.70. The summed E-state index contributed by atoms with van der Waals surface area (Å²) in [5, 5.41) is 0. The molecule has 0 aliphatic rings.